The Morgan fingerprint density at radius 1 is 1.56 bits per heavy atom. The van der Waals surface area contributed by atoms with E-state index in [1.807, 2.05) is 0 Å². The Kier molecular flexibility index (Phi) is 6.34. The number of nitrogens with one attached hydrogen (secondary N) is 1. The van der Waals surface area contributed by atoms with Crippen molar-refractivity contribution < 1.29 is 4.79 Å². The lowest BCUT2D eigenvalue weighted by Crippen LogP contribution is -2.22. The minimum atomic E-state index is 0. The summed E-state index contributed by atoms with van der Waals surface area (Å²) in [5, 5.41) is 2.61. The maximum Gasteiger partial charge on any atom is 0.221 e. The third kappa shape index (κ3) is 3.56. The van der Waals surface area contributed by atoms with Crippen molar-refractivity contribution >= 4 is 30.7 Å². The van der Waals surface area contributed by atoms with Crippen LogP contribution in [-0.4, -0.2) is 18.5 Å². The molecule has 5 heteroatoms. The molecular weight excluding hydrogens is 163 g/mol. The molecule has 1 saturated heterocycles. The molecule has 1 atom stereocenters. The van der Waals surface area contributed by atoms with Gasteiger partial charge < -0.3 is 11.1 Å². The molecular formula is C4H10Cl2N2O. The van der Waals surface area contributed by atoms with Crippen molar-refractivity contribution in [2.24, 2.45) is 5.73 Å². The molecule has 3 nitrogen and oxygen atoms in total. The standard InChI is InChI=1S/C4H8N2O.2ClH/c5-3-1-4(7)6-2-3;;/h3H,1-2,5H2,(H,6,7);2*1H. The third-order valence-electron chi connectivity index (χ3n) is 1.01. The second-order valence-electron chi connectivity index (χ2n) is 1.77. The molecule has 1 aliphatic heterocycles. The van der Waals surface area contributed by atoms with E-state index >= 15 is 0 Å². The highest BCUT2D eigenvalue weighted by Gasteiger charge is 2.15. The Labute approximate surface area is 66.2 Å². The van der Waals surface area contributed by atoms with Crippen LogP contribution in [0.5, 0.6) is 0 Å². The fraction of sp³-hybridized carbons (Fsp3) is 0.750. The van der Waals surface area contributed by atoms with Crippen LogP contribution in [0, 0.1) is 0 Å². The van der Waals surface area contributed by atoms with Gasteiger partial charge >= 0.3 is 0 Å². The number of rotatable bonds is 0. The van der Waals surface area contributed by atoms with E-state index in [4.69, 9.17) is 5.73 Å². The lowest BCUT2D eigenvalue weighted by molar-refractivity contribution is -0.119. The van der Waals surface area contributed by atoms with E-state index in [2.05, 4.69) is 5.32 Å². The summed E-state index contributed by atoms with van der Waals surface area (Å²) >= 11 is 0. The monoisotopic (exact) mass is 172 g/mol. The van der Waals surface area contributed by atoms with E-state index in [1.165, 1.54) is 0 Å². The summed E-state index contributed by atoms with van der Waals surface area (Å²) in [6.45, 7) is 0.652. The van der Waals surface area contributed by atoms with Gasteiger partial charge in [-0.15, -0.1) is 24.8 Å². The highest BCUT2D eigenvalue weighted by Crippen LogP contribution is 1.92. The molecule has 1 aliphatic rings. The molecule has 0 spiro atoms. The lowest BCUT2D eigenvalue weighted by Gasteiger charge is -1.90. The van der Waals surface area contributed by atoms with E-state index in [0.29, 0.717) is 13.0 Å². The van der Waals surface area contributed by atoms with Crippen molar-refractivity contribution in [3.05, 3.63) is 0 Å². The molecule has 56 valence electrons. The molecule has 0 aromatic heterocycles. The Morgan fingerprint density at radius 3 is 2.22 bits per heavy atom. The predicted molar refractivity (Wildman–Crippen MR) is 40.1 cm³/mol. The average Bonchev–Trinajstić information content (AvgIpc) is 1.87. The molecule has 1 unspecified atom stereocenters. The van der Waals surface area contributed by atoms with Crippen molar-refractivity contribution in [3.8, 4) is 0 Å². The average molecular weight is 173 g/mol. The summed E-state index contributed by atoms with van der Waals surface area (Å²) in [5.41, 5.74) is 5.34. The maximum absolute atomic E-state index is 10.3. The zero-order chi connectivity index (χ0) is 5.28. The number of carbonyl (C=O) groups excluding carboxylic acids is 1. The zero-order valence-electron chi connectivity index (χ0n) is 4.79. The van der Waals surface area contributed by atoms with Gasteiger partial charge in [-0.2, -0.15) is 0 Å². The highest BCUT2D eigenvalue weighted by molar-refractivity contribution is 5.85. The molecule has 1 amide bonds. The van der Waals surface area contributed by atoms with E-state index in [9.17, 15) is 4.79 Å². The summed E-state index contributed by atoms with van der Waals surface area (Å²) in [6.07, 6.45) is 0.500. The van der Waals surface area contributed by atoms with Gasteiger partial charge in [-0.1, -0.05) is 0 Å². The smallest absolute Gasteiger partial charge is 0.221 e. The lowest BCUT2D eigenvalue weighted by atomic mass is 10.3. The molecule has 0 aromatic carbocycles. The van der Waals surface area contributed by atoms with E-state index in [-0.39, 0.29) is 36.8 Å². The second kappa shape index (κ2) is 4.85. The predicted octanol–water partition coefficient (Wildman–Crippen LogP) is -0.323. The molecule has 1 heterocycles. The molecule has 1 rings (SSSR count). The molecule has 0 aromatic rings. The highest BCUT2D eigenvalue weighted by atomic mass is 35.5. The molecule has 0 bridgehead atoms. The molecule has 0 saturated carbocycles. The van der Waals surface area contributed by atoms with Crippen LogP contribution in [0.4, 0.5) is 0 Å². The van der Waals surface area contributed by atoms with Gasteiger partial charge in [-0.05, 0) is 0 Å². The second-order valence-corrected chi connectivity index (χ2v) is 1.77. The van der Waals surface area contributed by atoms with E-state index in [1.54, 1.807) is 0 Å². The molecule has 0 aliphatic carbocycles. The number of hydrogen-bond acceptors (Lipinski definition) is 2. The van der Waals surface area contributed by atoms with Crippen LogP contribution >= 0.6 is 24.8 Å². The number of halogens is 2. The normalized spacial score (nSPS) is 23.7. The number of hydrogen-bond donors (Lipinski definition) is 2. The fourth-order valence-corrected chi connectivity index (χ4v) is 0.627. The van der Waals surface area contributed by atoms with Crippen LogP contribution in [0.15, 0.2) is 0 Å². The van der Waals surface area contributed by atoms with Crippen molar-refractivity contribution in [2.75, 3.05) is 6.54 Å². The number of amides is 1. The molecule has 1 fully saturated rings. The first-order valence-corrected chi connectivity index (χ1v) is 2.31. The summed E-state index contributed by atoms with van der Waals surface area (Å²) in [7, 11) is 0. The van der Waals surface area contributed by atoms with Gasteiger partial charge in [0.15, 0.2) is 0 Å². The van der Waals surface area contributed by atoms with Crippen LogP contribution in [0.25, 0.3) is 0 Å². The summed E-state index contributed by atoms with van der Waals surface area (Å²) in [5.74, 6) is 0.0764. The van der Waals surface area contributed by atoms with E-state index < -0.39 is 0 Å². The minimum Gasteiger partial charge on any atom is -0.354 e. The number of carbonyl (C=O) groups is 1. The summed E-state index contributed by atoms with van der Waals surface area (Å²) in [6, 6.07) is 0.0625. The first-order valence-electron chi connectivity index (χ1n) is 2.31. The number of nitrogens with two attached hydrogens (primary N) is 1. The Hall–Kier alpha value is 0.01000. The van der Waals surface area contributed by atoms with Gasteiger partial charge in [0.2, 0.25) is 5.91 Å². The third-order valence-corrected chi connectivity index (χ3v) is 1.01. The van der Waals surface area contributed by atoms with Crippen LogP contribution in [-0.2, 0) is 4.79 Å². The Balaban J connectivity index is 0. The summed E-state index contributed by atoms with van der Waals surface area (Å²) in [4.78, 5) is 10.3. The first-order chi connectivity index (χ1) is 3.29. The summed E-state index contributed by atoms with van der Waals surface area (Å²) < 4.78 is 0. The van der Waals surface area contributed by atoms with Crippen molar-refractivity contribution in [2.45, 2.75) is 12.5 Å². The molecule has 0 radical (unpaired) electrons. The van der Waals surface area contributed by atoms with Crippen LogP contribution in [0.3, 0.4) is 0 Å². The van der Waals surface area contributed by atoms with Crippen molar-refractivity contribution in [3.63, 3.8) is 0 Å². The molecule has 9 heavy (non-hydrogen) atoms. The molecule has 3 N–H and O–H groups in total. The fourth-order valence-electron chi connectivity index (χ4n) is 0.627. The van der Waals surface area contributed by atoms with Crippen molar-refractivity contribution in [1.82, 2.24) is 5.32 Å². The minimum absolute atomic E-state index is 0. The van der Waals surface area contributed by atoms with E-state index in [0.717, 1.165) is 0 Å². The largest absolute Gasteiger partial charge is 0.354 e. The Morgan fingerprint density at radius 2 is 2.11 bits per heavy atom. The van der Waals surface area contributed by atoms with Crippen LogP contribution < -0.4 is 11.1 Å². The SMILES string of the molecule is Cl.Cl.NC1CNC(=O)C1. The quantitative estimate of drug-likeness (QED) is 0.527. The van der Waals surface area contributed by atoms with Gasteiger partial charge in [-0.25, -0.2) is 0 Å². The van der Waals surface area contributed by atoms with Gasteiger partial charge in [0.25, 0.3) is 0 Å². The first kappa shape index (κ1) is 11.8. The topological polar surface area (TPSA) is 55.1 Å². The van der Waals surface area contributed by atoms with Gasteiger partial charge in [0.05, 0.1) is 0 Å². The van der Waals surface area contributed by atoms with Crippen LogP contribution in [0.1, 0.15) is 6.42 Å². The van der Waals surface area contributed by atoms with Gasteiger partial charge in [-0.3, -0.25) is 4.79 Å². The van der Waals surface area contributed by atoms with Crippen LogP contribution in [0.2, 0.25) is 0 Å². The van der Waals surface area contributed by atoms with Crippen molar-refractivity contribution in [1.29, 1.82) is 0 Å². The maximum atomic E-state index is 10.3. The Bertz CT molecular complexity index is 98.6. The zero-order valence-corrected chi connectivity index (χ0v) is 6.43. The van der Waals surface area contributed by atoms with Gasteiger partial charge in [0, 0.05) is 19.0 Å². The van der Waals surface area contributed by atoms with Gasteiger partial charge in [0.1, 0.15) is 0 Å².